The number of benzene rings is 2. The zero-order valence-corrected chi connectivity index (χ0v) is 24.6. The molecule has 1 aliphatic rings. The molecule has 11 nitrogen and oxygen atoms in total. The van der Waals surface area contributed by atoms with Gasteiger partial charge in [-0.05, 0) is 37.4 Å². The number of carbonyl (C=O) groups is 1. The van der Waals surface area contributed by atoms with E-state index in [2.05, 4.69) is 30.7 Å². The molecule has 1 fully saturated rings. The van der Waals surface area contributed by atoms with Gasteiger partial charge in [-0.2, -0.15) is 0 Å². The van der Waals surface area contributed by atoms with Crippen LogP contribution in [0.1, 0.15) is 10.4 Å². The number of amides is 1. The van der Waals surface area contributed by atoms with Crippen LogP contribution in [-0.4, -0.2) is 86.6 Å². The van der Waals surface area contributed by atoms with Gasteiger partial charge < -0.3 is 39.5 Å². The quantitative estimate of drug-likeness (QED) is 0.220. The van der Waals surface area contributed by atoms with Crippen LogP contribution >= 0.6 is 23.7 Å². The first-order valence-electron chi connectivity index (χ1n) is 12.8. The molecule has 0 unspecified atom stereocenters. The van der Waals surface area contributed by atoms with Gasteiger partial charge in [-0.3, -0.25) is 4.79 Å². The maximum Gasteiger partial charge on any atom is 0.573 e. The van der Waals surface area contributed by atoms with E-state index in [0.717, 1.165) is 38.5 Å². The zero-order chi connectivity index (χ0) is 29.2. The monoisotopic (exact) mass is 632 g/mol. The van der Waals surface area contributed by atoms with Gasteiger partial charge >= 0.3 is 6.36 Å². The third-order valence-corrected chi connectivity index (χ3v) is 6.66. The Morgan fingerprint density at radius 3 is 2.40 bits per heavy atom. The van der Waals surface area contributed by atoms with Gasteiger partial charge in [0.2, 0.25) is 5.95 Å². The van der Waals surface area contributed by atoms with Gasteiger partial charge in [0.25, 0.3) is 5.91 Å². The smallest absolute Gasteiger partial charge is 0.406 e. The maximum atomic E-state index is 12.5. The Bertz CT molecular complexity index is 1440. The second-order valence-corrected chi connectivity index (χ2v) is 9.75. The molecule has 0 bridgehead atoms. The molecule has 16 heteroatoms. The number of rotatable bonds is 10. The van der Waals surface area contributed by atoms with Crippen molar-refractivity contribution < 1.29 is 36.9 Å². The standard InChI is InChI=1S/C22H23F3N6O3S.C4H8O2.ClH/c1-26-7-9-33-10-8-27-19(32)13-3-6-17-16(11-13)28-20(31(17)2)30-21-29-15-5-4-14(12-18(15)35-21)34-22(23,24)25;1-2-6-4-3-5-1;/h3-6,11-12,26H,7-10H2,1-2H3,(H,27,32)(H,28,29,30);1-4H2;1H. The summed E-state index contributed by atoms with van der Waals surface area (Å²) < 4.78 is 59.0. The molecule has 2 aromatic heterocycles. The fraction of sp³-hybridized carbons (Fsp3) is 0.423. The van der Waals surface area contributed by atoms with Crippen LogP contribution in [-0.2, 0) is 21.3 Å². The van der Waals surface area contributed by atoms with Crippen molar-refractivity contribution in [2.45, 2.75) is 6.36 Å². The molecule has 0 radical (unpaired) electrons. The van der Waals surface area contributed by atoms with Crippen LogP contribution < -0.4 is 20.7 Å². The molecule has 1 aliphatic heterocycles. The SMILES string of the molecule is C1COCCO1.CNCCOCCNC(=O)c1ccc2c(c1)nc(Nc1nc3ccc(OC(F)(F)F)cc3s1)n2C.Cl. The number of aryl methyl sites for hydroxylation is 1. The Kier molecular flexibility index (Phi) is 12.6. The number of carbonyl (C=O) groups excluding carboxylic acids is 1. The summed E-state index contributed by atoms with van der Waals surface area (Å²) in [6, 6.07) is 9.17. The Balaban J connectivity index is 0.000000615. The van der Waals surface area contributed by atoms with Crippen molar-refractivity contribution in [2.24, 2.45) is 7.05 Å². The molecule has 0 atom stereocenters. The summed E-state index contributed by atoms with van der Waals surface area (Å²) in [6.45, 7) is 5.23. The van der Waals surface area contributed by atoms with Crippen LogP contribution in [0.3, 0.4) is 0 Å². The van der Waals surface area contributed by atoms with E-state index in [4.69, 9.17) is 14.2 Å². The van der Waals surface area contributed by atoms with E-state index in [1.54, 1.807) is 22.8 Å². The highest BCUT2D eigenvalue weighted by Crippen LogP contribution is 2.33. The normalized spacial score (nSPS) is 13.3. The number of nitrogens with one attached hydrogen (secondary N) is 3. The number of ether oxygens (including phenoxy) is 4. The van der Waals surface area contributed by atoms with Crippen LogP contribution in [0.25, 0.3) is 21.3 Å². The van der Waals surface area contributed by atoms with E-state index in [1.165, 1.54) is 29.5 Å². The van der Waals surface area contributed by atoms with Gasteiger partial charge in [-0.25, -0.2) is 9.97 Å². The van der Waals surface area contributed by atoms with Gasteiger partial charge in [0, 0.05) is 31.8 Å². The van der Waals surface area contributed by atoms with Crippen molar-refractivity contribution in [3.05, 3.63) is 42.0 Å². The lowest BCUT2D eigenvalue weighted by Gasteiger charge is -2.09. The third kappa shape index (κ3) is 9.68. The minimum atomic E-state index is -4.76. The van der Waals surface area contributed by atoms with Crippen molar-refractivity contribution in [1.29, 1.82) is 0 Å². The van der Waals surface area contributed by atoms with E-state index in [1.807, 2.05) is 14.1 Å². The molecule has 3 heterocycles. The summed E-state index contributed by atoms with van der Waals surface area (Å²) in [5.41, 5.74) is 2.39. The Morgan fingerprint density at radius 1 is 1.02 bits per heavy atom. The van der Waals surface area contributed by atoms with Crippen LogP contribution in [0.15, 0.2) is 36.4 Å². The van der Waals surface area contributed by atoms with Gasteiger partial charge in [0.1, 0.15) is 5.75 Å². The van der Waals surface area contributed by atoms with Crippen molar-refractivity contribution >= 4 is 62.0 Å². The van der Waals surface area contributed by atoms with Gasteiger partial charge in [0.15, 0.2) is 5.13 Å². The van der Waals surface area contributed by atoms with Gasteiger partial charge in [-0.15, -0.1) is 25.6 Å². The molecule has 1 amide bonds. The summed E-state index contributed by atoms with van der Waals surface area (Å²) in [5, 5.41) is 9.35. The lowest BCUT2D eigenvalue weighted by molar-refractivity contribution is -0.274. The van der Waals surface area contributed by atoms with E-state index in [9.17, 15) is 18.0 Å². The van der Waals surface area contributed by atoms with Crippen LogP contribution in [0, 0.1) is 0 Å². The number of halogens is 4. The molecule has 0 aliphatic carbocycles. The number of fused-ring (bicyclic) bond motifs is 2. The number of hydrogen-bond acceptors (Lipinski definition) is 10. The highest BCUT2D eigenvalue weighted by molar-refractivity contribution is 7.22. The number of alkyl halides is 3. The molecule has 230 valence electrons. The number of nitrogens with zero attached hydrogens (tertiary/aromatic N) is 3. The summed E-state index contributed by atoms with van der Waals surface area (Å²) in [6.07, 6.45) is -4.76. The van der Waals surface area contributed by atoms with E-state index in [-0.39, 0.29) is 24.1 Å². The third-order valence-electron chi connectivity index (χ3n) is 5.73. The van der Waals surface area contributed by atoms with Gasteiger partial charge in [0.05, 0.1) is 60.9 Å². The molecule has 5 rings (SSSR count). The molecule has 42 heavy (non-hydrogen) atoms. The lowest BCUT2D eigenvalue weighted by atomic mass is 10.2. The minimum absolute atomic E-state index is 0. The Morgan fingerprint density at radius 2 is 1.74 bits per heavy atom. The number of anilines is 2. The fourth-order valence-electron chi connectivity index (χ4n) is 3.76. The number of thiazole rings is 1. The summed E-state index contributed by atoms with van der Waals surface area (Å²) in [4.78, 5) is 21.4. The van der Waals surface area contributed by atoms with Crippen molar-refractivity contribution in [3.63, 3.8) is 0 Å². The fourth-order valence-corrected chi connectivity index (χ4v) is 4.65. The van der Waals surface area contributed by atoms with E-state index in [0.29, 0.717) is 52.1 Å². The average Bonchev–Trinajstić information content (AvgIpc) is 3.50. The molecule has 4 aromatic rings. The average molecular weight is 633 g/mol. The molecule has 2 aromatic carbocycles. The number of hydrogen-bond donors (Lipinski definition) is 3. The first kappa shape index (κ1) is 33.3. The zero-order valence-electron chi connectivity index (χ0n) is 23.0. The topological polar surface area (TPSA) is 121 Å². The molecule has 3 N–H and O–H groups in total. The van der Waals surface area contributed by atoms with E-state index >= 15 is 0 Å². The van der Waals surface area contributed by atoms with Crippen LogP contribution in [0.2, 0.25) is 0 Å². The lowest BCUT2D eigenvalue weighted by Crippen LogP contribution is -2.28. The number of aromatic nitrogens is 3. The first-order valence-corrected chi connectivity index (χ1v) is 13.6. The molecular formula is C26H32ClF3N6O5S. The number of imidazole rings is 1. The van der Waals surface area contributed by atoms with Crippen molar-refractivity contribution in [2.75, 3.05) is 65.1 Å². The van der Waals surface area contributed by atoms with Crippen molar-refractivity contribution in [1.82, 2.24) is 25.2 Å². The van der Waals surface area contributed by atoms with Crippen molar-refractivity contribution in [3.8, 4) is 5.75 Å². The molecule has 1 saturated heterocycles. The predicted octanol–water partition coefficient (Wildman–Crippen LogP) is 4.25. The summed E-state index contributed by atoms with van der Waals surface area (Å²) in [7, 11) is 3.65. The predicted molar refractivity (Wildman–Crippen MR) is 156 cm³/mol. The van der Waals surface area contributed by atoms with Crippen LogP contribution in [0.5, 0.6) is 5.75 Å². The van der Waals surface area contributed by atoms with Gasteiger partial charge in [-0.1, -0.05) is 11.3 Å². The molecular weight excluding hydrogens is 601 g/mol. The second-order valence-electron chi connectivity index (χ2n) is 8.72. The summed E-state index contributed by atoms with van der Waals surface area (Å²) in [5.74, 6) is -0.0630. The molecule has 0 saturated carbocycles. The first-order chi connectivity index (χ1) is 19.7. The van der Waals surface area contributed by atoms with E-state index < -0.39 is 6.36 Å². The highest BCUT2D eigenvalue weighted by Gasteiger charge is 2.31. The Hall–Kier alpha value is -3.21. The largest absolute Gasteiger partial charge is 0.573 e. The molecule has 0 spiro atoms. The second kappa shape index (κ2) is 15.9. The Labute approximate surface area is 250 Å². The minimum Gasteiger partial charge on any atom is -0.406 e. The highest BCUT2D eigenvalue weighted by atomic mass is 35.5. The number of likely N-dealkylation sites (N-methyl/N-ethyl adjacent to an activating group) is 1. The maximum absolute atomic E-state index is 12.5. The summed E-state index contributed by atoms with van der Waals surface area (Å²) >= 11 is 1.17. The van der Waals surface area contributed by atoms with Crippen LogP contribution in [0.4, 0.5) is 24.3 Å².